The Morgan fingerprint density at radius 2 is 1.75 bits per heavy atom. The second-order valence-corrected chi connectivity index (χ2v) is 7.88. The lowest BCUT2D eigenvalue weighted by Gasteiger charge is -2.37. The number of hydrogen-bond acceptors (Lipinski definition) is 5. The first kappa shape index (κ1) is 17.2. The molecule has 2 aromatic carbocycles. The number of rotatable bonds is 1. The molecule has 1 spiro atoms. The molecule has 3 N–H and O–H groups in total. The van der Waals surface area contributed by atoms with Gasteiger partial charge < -0.3 is 14.9 Å². The number of phenols is 1. The maximum absolute atomic E-state index is 13.6. The Bertz CT molecular complexity index is 1020. The molecule has 2 aromatic rings. The van der Waals surface area contributed by atoms with E-state index < -0.39 is 23.5 Å². The molecule has 0 bridgehead atoms. The number of para-hydroxylation sites is 1. The zero-order valence-corrected chi connectivity index (χ0v) is 15.9. The number of hydrazine groups is 1. The summed E-state index contributed by atoms with van der Waals surface area (Å²) in [4.78, 5) is 29.9. The van der Waals surface area contributed by atoms with E-state index in [9.17, 15) is 14.7 Å². The third-order valence-corrected chi connectivity index (χ3v) is 6.55. The van der Waals surface area contributed by atoms with Crippen LogP contribution in [0.15, 0.2) is 42.5 Å². The standard InChI is InChI=1S/C21H22N4O3/c1-11-8-9-12(15(26)10-11)17-16-18(23-22-17)19(27)25(3)21(16)13-6-4-5-7-14(13)24(2)20(21)28/h4-10,16-18,22-23,26H,1-3H3. The first-order chi connectivity index (χ1) is 13.4. The number of aryl methyl sites for hydroxylation is 1. The summed E-state index contributed by atoms with van der Waals surface area (Å²) in [5.41, 5.74) is 8.40. The molecule has 4 unspecified atom stereocenters. The van der Waals surface area contributed by atoms with Crippen LogP contribution in [0.5, 0.6) is 5.75 Å². The van der Waals surface area contributed by atoms with E-state index in [1.807, 2.05) is 43.3 Å². The van der Waals surface area contributed by atoms with E-state index in [0.29, 0.717) is 5.56 Å². The number of carbonyl (C=O) groups is 2. The van der Waals surface area contributed by atoms with Crippen molar-refractivity contribution in [2.24, 2.45) is 5.92 Å². The van der Waals surface area contributed by atoms with E-state index in [0.717, 1.165) is 16.8 Å². The number of hydrogen-bond donors (Lipinski definition) is 3. The normalized spacial score (nSPS) is 31.0. The third kappa shape index (κ3) is 1.85. The number of phenolic OH excluding ortho intramolecular Hbond substituents is 1. The average molecular weight is 378 g/mol. The molecule has 3 heterocycles. The minimum Gasteiger partial charge on any atom is -0.508 e. The van der Waals surface area contributed by atoms with Crippen molar-refractivity contribution in [3.8, 4) is 5.75 Å². The summed E-state index contributed by atoms with van der Waals surface area (Å²) in [6.07, 6.45) is 0. The van der Waals surface area contributed by atoms with E-state index in [4.69, 9.17) is 0 Å². The lowest BCUT2D eigenvalue weighted by molar-refractivity contribution is -0.139. The number of nitrogens with zero attached hydrogens (tertiary/aromatic N) is 2. The fourth-order valence-corrected chi connectivity index (χ4v) is 5.26. The highest BCUT2D eigenvalue weighted by atomic mass is 16.3. The highest BCUT2D eigenvalue weighted by Gasteiger charge is 2.70. The number of benzene rings is 2. The topological polar surface area (TPSA) is 84.9 Å². The van der Waals surface area contributed by atoms with E-state index in [1.165, 1.54) is 0 Å². The number of fused-ring (bicyclic) bond motifs is 4. The highest BCUT2D eigenvalue weighted by molar-refractivity contribution is 6.11. The van der Waals surface area contributed by atoms with Gasteiger partial charge in [-0.1, -0.05) is 30.3 Å². The second-order valence-electron chi connectivity index (χ2n) is 7.88. The summed E-state index contributed by atoms with van der Waals surface area (Å²) < 4.78 is 0. The number of nitrogens with one attached hydrogen (secondary N) is 2. The van der Waals surface area contributed by atoms with Gasteiger partial charge in [0, 0.05) is 36.8 Å². The van der Waals surface area contributed by atoms with E-state index in [1.54, 1.807) is 30.0 Å². The molecule has 2 saturated heterocycles. The van der Waals surface area contributed by atoms with E-state index >= 15 is 0 Å². The zero-order chi connectivity index (χ0) is 19.8. The fraction of sp³-hybridized carbons (Fsp3) is 0.333. The Hall–Kier alpha value is -2.90. The Balaban J connectivity index is 1.74. The van der Waals surface area contributed by atoms with Crippen molar-refractivity contribution in [3.05, 3.63) is 59.2 Å². The maximum Gasteiger partial charge on any atom is 0.257 e. The number of likely N-dealkylation sites (N-methyl/N-ethyl adjacent to an activating group) is 2. The molecule has 2 fully saturated rings. The van der Waals surface area contributed by atoms with Gasteiger partial charge in [0.1, 0.15) is 11.8 Å². The summed E-state index contributed by atoms with van der Waals surface area (Å²) in [7, 11) is 3.44. The largest absolute Gasteiger partial charge is 0.508 e. The minimum atomic E-state index is -1.12. The number of amides is 2. The van der Waals surface area contributed by atoms with Crippen LogP contribution in [0.3, 0.4) is 0 Å². The van der Waals surface area contributed by atoms with E-state index in [2.05, 4.69) is 10.9 Å². The second kappa shape index (κ2) is 5.56. The Labute approximate surface area is 162 Å². The van der Waals surface area contributed by atoms with Crippen LogP contribution in [0, 0.1) is 12.8 Å². The van der Waals surface area contributed by atoms with Gasteiger partial charge >= 0.3 is 0 Å². The Morgan fingerprint density at radius 3 is 2.50 bits per heavy atom. The van der Waals surface area contributed by atoms with Crippen LogP contribution in [0.4, 0.5) is 5.69 Å². The van der Waals surface area contributed by atoms with Gasteiger partial charge in [-0.05, 0) is 24.6 Å². The van der Waals surface area contributed by atoms with Crippen molar-refractivity contribution in [1.82, 2.24) is 15.8 Å². The van der Waals surface area contributed by atoms with Gasteiger partial charge in [-0.25, -0.2) is 10.9 Å². The number of anilines is 1. The molecule has 0 saturated carbocycles. The summed E-state index contributed by atoms with van der Waals surface area (Å²) in [5, 5.41) is 10.6. The molecule has 0 aromatic heterocycles. The van der Waals surface area contributed by atoms with Gasteiger partial charge in [0.15, 0.2) is 5.54 Å². The van der Waals surface area contributed by atoms with Gasteiger partial charge in [0.25, 0.3) is 5.91 Å². The maximum atomic E-state index is 13.6. The number of likely N-dealkylation sites (tertiary alicyclic amines) is 1. The summed E-state index contributed by atoms with van der Waals surface area (Å²) >= 11 is 0. The molecule has 144 valence electrons. The molecular weight excluding hydrogens is 356 g/mol. The van der Waals surface area contributed by atoms with Crippen LogP contribution in [0.25, 0.3) is 0 Å². The SMILES string of the molecule is Cc1ccc(C2NNC3C(=O)N(C)C4(C(=O)N(C)c5ccccc54)C32)c(O)c1. The molecule has 0 radical (unpaired) electrons. The predicted octanol–water partition coefficient (Wildman–Crippen LogP) is 1.18. The van der Waals surface area contributed by atoms with Crippen LogP contribution >= 0.6 is 0 Å². The van der Waals surface area contributed by atoms with Gasteiger partial charge in [0.05, 0.1) is 6.04 Å². The van der Waals surface area contributed by atoms with Crippen LogP contribution in [-0.2, 0) is 15.1 Å². The quantitative estimate of drug-likeness (QED) is 0.694. The molecule has 3 aliphatic heterocycles. The molecule has 4 atom stereocenters. The lowest BCUT2D eigenvalue weighted by atomic mass is 9.73. The first-order valence-electron chi connectivity index (χ1n) is 9.35. The number of aromatic hydroxyl groups is 1. The van der Waals surface area contributed by atoms with Crippen molar-refractivity contribution in [3.63, 3.8) is 0 Å². The molecule has 0 aliphatic carbocycles. The monoisotopic (exact) mass is 378 g/mol. The highest BCUT2D eigenvalue weighted by Crippen LogP contribution is 2.57. The molecule has 7 nitrogen and oxygen atoms in total. The predicted molar refractivity (Wildman–Crippen MR) is 103 cm³/mol. The van der Waals surface area contributed by atoms with Crippen LogP contribution < -0.4 is 15.8 Å². The molecule has 7 heteroatoms. The van der Waals surface area contributed by atoms with Gasteiger partial charge in [-0.15, -0.1) is 0 Å². The van der Waals surface area contributed by atoms with Crippen LogP contribution in [-0.4, -0.2) is 42.0 Å². The van der Waals surface area contributed by atoms with Gasteiger partial charge in [0.2, 0.25) is 5.91 Å². The van der Waals surface area contributed by atoms with Crippen LogP contribution in [0.2, 0.25) is 0 Å². The first-order valence-corrected chi connectivity index (χ1v) is 9.35. The molecular formula is C21H22N4O3. The van der Waals surface area contributed by atoms with Crippen molar-refractivity contribution in [1.29, 1.82) is 0 Å². The Morgan fingerprint density at radius 1 is 1.04 bits per heavy atom. The summed E-state index contributed by atoms with van der Waals surface area (Å²) in [5.74, 6) is -0.509. The molecule has 3 aliphatic rings. The van der Waals surface area contributed by atoms with Crippen molar-refractivity contribution >= 4 is 17.5 Å². The minimum absolute atomic E-state index is 0.126. The molecule has 2 amide bonds. The fourth-order valence-electron chi connectivity index (χ4n) is 5.26. The van der Waals surface area contributed by atoms with Crippen molar-refractivity contribution in [2.75, 3.05) is 19.0 Å². The van der Waals surface area contributed by atoms with Crippen molar-refractivity contribution < 1.29 is 14.7 Å². The summed E-state index contributed by atoms with van der Waals surface area (Å²) in [6.45, 7) is 1.91. The number of carbonyl (C=O) groups excluding carboxylic acids is 2. The van der Waals surface area contributed by atoms with Gasteiger partial charge in [-0.2, -0.15) is 0 Å². The van der Waals surface area contributed by atoms with Gasteiger partial charge in [-0.3, -0.25) is 9.59 Å². The molecule has 28 heavy (non-hydrogen) atoms. The molecule has 5 rings (SSSR count). The average Bonchev–Trinajstić information content (AvgIpc) is 3.27. The zero-order valence-electron chi connectivity index (χ0n) is 15.9. The lowest BCUT2D eigenvalue weighted by Crippen LogP contribution is -2.53. The summed E-state index contributed by atoms with van der Waals surface area (Å²) in [6, 6.07) is 12.1. The van der Waals surface area contributed by atoms with Crippen molar-refractivity contribution in [2.45, 2.75) is 24.5 Å². The van der Waals surface area contributed by atoms with E-state index in [-0.39, 0.29) is 17.6 Å². The van der Waals surface area contributed by atoms with Crippen LogP contribution in [0.1, 0.15) is 22.7 Å². The smallest absolute Gasteiger partial charge is 0.257 e. The third-order valence-electron chi connectivity index (χ3n) is 6.55. The Kier molecular flexibility index (Phi) is 3.42.